The highest BCUT2D eigenvalue weighted by molar-refractivity contribution is 6.46. The summed E-state index contributed by atoms with van der Waals surface area (Å²) in [6, 6.07) is 19.3. The molecule has 0 aliphatic carbocycles. The fourth-order valence-electron chi connectivity index (χ4n) is 4.12. The van der Waals surface area contributed by atoms with E-state index in [0.29, 0.717) is 17.9 Å². The van der Waals surface area contributed by atoms with Crippen molar-refractivity contribution in [2.24, 2.45) is 0 Å². The van der Waals surface area contributed by atoms with Gasteiger partial charge in [-0.2, -0.15) is 0 Å². The summed E-state index contributed by atoms with van der Waals surface area (Å²) in [5.74, 6) is -2.05. The largest absolute Gasteiger partial charge is 0.507 e. The first-order chi connectivity index (χ1) is 16.9. The molecule has 1 saturated heterocycles. The van der Waals surface area contributed by atoms with Crippen LogP contribution in [0.2, 0.25) is 0 Å². The van der Waals surface area contributed by atoms with E-state index in [0.717, 1.165) is 11.1 Å². The second-order valence-corrected chi connectivity index (χ2v) is 8.25. The molecular formula is C28H26FNO5. The number of aliphatic hydroxyl groups is 1. The summed E-state index contributed by atoms with van der Waals surface area (Å²) in [5.41, 5.74) is 2.46. The van der Waals surface area contributed by atoms with Crippen molar-refractivity contribution < 1.29 is 28.6 Å². The van der Waals surface area contributed by atoms with Gasteiger partial charge in [0.1, 0.15) is 23.9 Å². The Hall–Kier alpha value is -3.97. The zero-order chi connectivity index (χ0) is 24.9. The lowest BCUT2D eigenvalue weighted by Crippen LogP contribution is -2.33. The summed E-state index contributed by atoms with van der Waals surface area (Å²) < 4.78 is 25.6. The zero-order valence-electron chi connectivity index (χ0n) is 19.5. The average Bonchev–Trinajstić information content (AvgIpc) is 3.12. The van der Waals surface area contributed by atoms with Gasteiger partial charge in [0.05, 0.1) is 18.2 Å². The van der Waals surface area contributed by atoms with Crippen molar-refractivity contribution in [3.05, 3.63) is 106 Å². The van der Waals surface area contributed by atoms with Crippen LogP contribution in [-0.4, -0.2) is 42.0 Å². The van der Waals surface area contributed by atoms with Crippen LogP contribution in [0.3, 0.4) is 0 Å². The Morgan fingerprint density at radius 3 is 2.37 bits per heavy atom. The summed E-state index contributed by atoms with van der Waals surface area (Å²) in [7, 11) is 1.47. The van der Waals surface area contributed by atoms with E-state index in [9.17, 15) is 19.1 Å². The van der Waals surface area contributed by atoms with E-state index in [2.05, 4.69) is 0 Å². The van der Waals surface area contributed by atoms with Gasteiger partial charge in [-0.05, 0) is 48.4 Å². The molecule has 3 aromatic carbocycles. The standard InChI is InChI=1S/C28H26FNO5/c1-18-7-3-4-8-20(18)17-35-21-13-11-19(12-14-21)26(31)24-25(22-9-5-6-10-23(22)29)30(15-16-34-2)28(33)27(24)32/h3-14,25,31H,15-17H2,1-2H3/b26-24+. The maximum Gasteiger partial charge on any atom is 0.295 e. The Morgan fingerprint density at radius 1 is 1.00 bits per heavy atom. The van der Waals surface area contributed by atoms with E-state index in [-0.39, 0.29) is 30.0 Å². The number of aryl methyl sites for hydroxylation is 1. The lowest BCUT2D eigenvalue weighted by molar-refractivity contribution is -0.140. The van der Waals surface area contributed by atoms with Gasteiger partial charge in [0.25, 0.3) is 11.7 Å². The van der Waals surface area contributed by atoms with Crippen LogP contribution in [0.4, 0.5) is 4.39 Å². The summed E-state index contributed by atoms with van der Waals surface area (Å²) >= 11 is 0. The SMILES string of the molecule is COCCN1C(=O)C(=O)/C(=C(/O)c2ccc(OCc3ccccc3C)cc2)C1c1ccccc1F. The first-order valence-corrected chi connectivity index (χ1v) is 11.2. The molecule has 1 N–H and O–H groups in total. The van der Waals surface area contributed by atoms with E-state index in [1.165, 1.54) is 30.2 Å². The molecule has 1 atom stereocenters. The molecule has 7 heteroatoms. The van der Waals surface area contributed by atoms with Crippen molar-refractivity contribution in [2.45, 2.75) is 19.6 Å². The van der Waals surface area contributed by atoms with Crippen molar-refractivity contribution in [2.75, 3.05) is 20.3 Å². The number of nitrogens with zero attached hydrogens (tertiary/aromatic N) is 1. The molecule has 1 heterocycles. The molecular weight excluding hydrogens is 449 g/mol. The van der Waals surface area contributed by atoms with E-state index in [1.807, 2.05) is 31.2 Å². The van der Waals surface area contributed by atoms with Crippen LogP contribution < -0.4 is 4.74 Å². The van der Waals surface area contributed by atoms with Gasteiger partial charge in [-0.1, -0.05) is 42.5 Å². The zero-order valence-corrected chi connectivity index (χ0v) is 19.5. The molecule has 1 fully saturated rings. The molecule has 0 bridgehead atoms. The first-order valence-electron chi connectivity index (χ1n) is 11.2. The third kappa shape index (κ3) is 4.95. The maximum absolute atomic E-state index is 14.7. The Morgan fingerprint density at radius 2 is 1.69 bits per heavy atom. The highest BCUT2D eigenvalue weighted by Gasteiger charge is 2.46. The number of halogens is 1. The topological polar surface area (TPSA) is 76.1 Å². The minimum atomic E-state index is -1.07. The predicted molar refractivity (Wildman–Crippen MR) is 129 cm³/mol. The molecule has 0 radical (unpaired) electrons. The van der Waals surface area contributed by atoms with Crippen molar-refractivity contribution >= 4 is 17.4 Å². The van der Waals surface area contributed by atoms with Crippen LogP contribution in [0, 0.1) is 12.7 Å². The number of Topliss-reactive ketones (excluding diaryl/α,β-unsaturated/α-hetero) is 1. The maximum atomic E-state index is 14.7. The molecule has 0 saturated carbocycles. The van der Waals surface area contributed by atoms with Crippen LogP contribution in [0.25, 0.3) is 5.76 Å². The fourth-order valence-corrected chi connectivity index (χ4v) is 4.12. The highest BCUT2D eigenvalue weighted by Crippen LogP contribution is 2.40. The number of amides is 1. The van der Waals surface area contributed by atoms with Crippen LogP contribution in [0.15, 0.2) is 78.4 Å². The third-order valence-electron chi connectivity index (χ3n) is 6.06. The molecule has 180 valence electrons. The van der Waals surface area contributed by atoms with Gasteiger partial charge in [-0.15, -0.1) is 0 Å². The minimum absolute atomic E-state index is 0.0720. The molecule has 6 nitrogen and oxygen atoms in total. The number of carbonyl (C=O) groups is 2. The van der Waals surface area contributed by atoms with Gasteiger partial charge >= 0.3 is 0 Å². The van der Waals surface area contributed by atoms with Crippen molar-refractivity contribution in [1.82, 2.24) is 4.90 Å². The lowest BCUT2D eigenvalue weighted by atomic mass is 9.95. The van der Waals surface area contributed by atoms with Crippen molar-refractivity contribution in [1.29, 1.82) is 0 Å². The molecule has 1 amide bonds. The third-order valence-corrected chi connectivity index (χ3v) is 6.06. The summed E-state index contributed by atoms with van der Waals surface area (Å²) in [6.45, 7) is 2.62. The quantitative estimate of drug-likeness (QED) is 0.288. The average molecular weight is 476 g/mol. The molecule has 4 rings (SSSR count). The number of hydrogen-bond donors (Lipinski definition) is 1. The van der Waals surface area contributed by atoms with E-state index >= 15 is 0 Å². The molecule has 1 unspecified atom stereocenters. The fraction of sp³-hybridized carbons (Fsp3) is 0.214. The molecule has 35 heavy (non-hydrogen) atoms. The second kappa shape index (κ2) is 10.5. The summed E-state index contributed by atoms with van der Waals surface area (Å²) in [4.78, 5) is 27.0. The first kappa shape index (κ1) is 24.2. The van der Waals surface area contributed by atoms with Gasteiger partial charge in [-0.3, -0.25) is 9.59 Å². The number of rotatable bonds is 8. The number of benzene rings is 3. The van der Waals surface area contributed by atoms with Gasteiger partial charge in [0, 0.05) is 24.8 Å². The second-order valence-electron chi connectivity index (χ2n) is 8.25. The number of ether oxygens (including phenoxy) is 2. The Bertz CT molecular complexity index is 1270. The number of hydrogen-bond acceptors (Lipinski definition) is 5. The van der Waals surface area contributed by atoms with Crippen molar-refractivity contribution in [3.8, 4) is 5.75 Å². The van der Waals surface area contributed by atoms with E-state index in [4.69, 9.17) is 9.47 Å². The number of methoxy groups -OCH3 is 1. The number of aliphatic hydroxyl groups excluding tert-OH is 1. The van der Waals surface area contributed by atoms with Gasteiger partial charge in [0.15, 0.2) is 0 Å². The van der Waals surface area contributed by atoms with Crippen molar-refractivity contribution in [3.63, 3.8) is 0 Å². The highest BCUT2D eigenvalue weighted by atomic mass is 19.1. The molecule has 0 aromatic heterocycles. The molecule has 1 aliphatic rings. The van der Waals surface area contributed by atoms with Gasteiger partial charge < -0.3 is 19.5 Å². The number of likely N-dealkylation sites (tertiary alicyclic amines) is 1. The van der Waals surface area contributed by atoms with E-state index < -0.39 is 23.5 Å². The molecule has 1 aliphatic heterocycles. The monoisotopic (exact) mass is 475 g/mol. The lowest BCUT2D eigenvalue weighted by Gasteiger charge is -2.25. The Labute approximate surface area is 203 Å². The Balaban J connectivity index is 1.66. The van der Waals surface area contributed by atoms with Gasteiger partial charge in [0.2, 0.25) is 0 Å². The van der Waals surface area contributed by atoms with E-state index in [1.54, 1.807) is 30.3 Å². The Kier molecular flexibility index (Phi) is 7.27. The normalized spacial score (nSPS) is 17.1. The minimum Gasteiger partial charge on any atom is -0.507 e. The number of carbonyl (C=O) groups excluding carboxylic acids is 2. The van der Waals surface area contributed by atoms with Crippen LogP contribution in [-0.2, 0) is 20.9 Å². The van der Waals surface area contributed by atoms with Crippen LogP contribution in [0.1, 0.15) is 28.3 Å². The molecule has 0 spiro atoms. The van der Waals surface area contributed by atoms with Crippen LogP contribution >= 0.6 is 0 Å². The van der Waals surface area contributed by atoms with Gasteiger partial charge in [-0.25, -0.2) is 4.39 Å². The predicted octanol–water partition coefficient (Wildman–Crippen LogP) is 4.78. The molecule has 3 aromatic rings. The smallest absolute Gasteiger partial charge is 0.295 e. The summed E-state index contributed by atoms with van der Waals surface area (Å²) in [6.07, 6.45) is 0. The summed E-state index contributed by atoms with van der Waals surface area (Å²) in [5, 5.41) is 11.1. The number of ketones is 1. The van der Waals surface area contributed by atoms with Crippen LogP contribution in [0.5, 0.6) is 5.75 Å².